The third-order valence-electron chi connectivity index (χ3n) is 5.27. The Bertz CT molecular complexity index is 783. The highest BCUT2D eigenvalue weighted by Crippen LogP contribution is 2.34. The number of aromatic nitrogens is 2. The molecule has 0 unspecified atom stereocenters. The van der Waals surface area contributed by atoms with E-state index < -0.39 is 0 Å². The summed E-state index contributed by atoms with van der Waals surface area (Å²) < 4.78 is 20.7. The number of halogens is 1. The summed E-state index contributed by atoms with van der Waals surface area (Å²) in [6.45, 7) is 2.76. The van der Waals surface area contributed by atoms with Crippen molar-refractivity contribution in [2.24, 2.45) is 5.92 Å². The van der Waals surface area contributed by atoms with Gasteiger partial charge in [0.05, 0.1) is 31.6 Å². The molecule has 1 aliphatic carbocycles. The van der Waals surface area contributed by atoms with Crippen LogP contribution in [0.25, 0.3) is 0 Å². The molecule has 0 N–H and O–H groups in total. The van der Waals surface area contributed by atoms with Gasteiger partial charge in [0.1, 0.15) is 5.82 Å². The standard InChI is InChI=1S/C20H24FN3O2/c1-26-12-16-10-23(19(25)8-14-4-6-17(21)7-5-14)11-18-20(16)24(13-22-18)9-15-2-3-15/h4-7,13,15-16H,2-3,8-12H2,1H3/t16-/m0/s1. The van der Waals surface area contributed by atoms with E-state index >= 15 is 0 Å². The Balaban J connectivity index is 1.50. The lowest BCUT2D eigenvalue weighted by atomic mass is 9.98. The van der Waals surface area contributed by atoms with Crippen LogP contribution >= 0.6 is 0 Å². The van der Waals surface area contributed by atoms with E-state index in [1.54, 1.807) is 19.2 Å². The Morgan fingerprint density at radius 2 is 2.08 bits per heavy atom. The summed E-state index contributed by atoms with van der Waals surface area (Å²) >= 11 is 0. The van der Waals surface area contributed by atoms with Crippen LogP contribution in [-0.4, -0.2) is 40.6 Å². The first-order valence-corrected chi connectivity index (χ1v) is 9.19. The zero-order chi connectivity index (χ0) is 18.1. The molecule has 0 bridgehead atoms. The SMILES string of the molecule is COC[C@@H]1CN(C(=O)Cc2ccc(F)cc2)Cc2ncn(CC3CC3)c21. The minimum Gasteiger partial charge on any atom is -0.384 e. The first-order chi connectivity index (χ1) is 12.6. The smallest absolute Gasteiger partial charge is 0.227 e. The minimum absolute atomic E-state index is 0.0418. The number of methoxy groups -OCH3 is 1. The zero-order valence-corrected chi connectivity index (χ0v) is 15.0. The highest BCUT2D eigenvalue weighted by atomic mass is 19.1. The van der Waals surface area contributed by atoms with Gasteiger partial charge < -0.3 is 14.2 Å². The Labute approximate surface area is 152 Å². The number of fused-ring (bicyclic) bond motifs is 1. The molecule has 138 valence electrons. The number of carbonyl (C=O) groups excluding carboxylic acids is 1. The van der Waals surface area contributed by atoms with Gasteiger partial charge in [-0.3, -0.25) is 4.79 Å². The lowest BCUT2D eigenvalue weighted by Gasteiger charge is -2.33. The lowest BCUT2D eigenvalue weighted by molar-refractivity contribution is -0.132. The average molecular weight is 357 g/mol. The second kappa shape index (κ2) is 7.19. The summed E-state index contributed by atoms with van der Waals surface area (Å²) in [5.74, 6) is 0.669. The molecule has 2 heterocycles. The van der Waals surface area contributed by atoms with Crippen LogP contribution < -0.4 is 0 Å². The average Bonchev–Trinajstić information content (AvgIpc) is 3.36. The molecule has 2 aromatic rings. The molecule has 1 saturated carbocycles. The maximum Gasteiger partial charge on any atom is 0.227 e. The monoisotopic (exact) mass is 357 g/mol. The van der Waals surface area contributed by atoms with E-state index in [1.165, 1.54) is 30.7 Å². The molecule has 6 heteroatoms. The fourth-order valence-electron chi connectivity index (χ4n) is 3.76. The molecule has 0 spiro atoms. The number of hydrogen-bond acceptors (Lipinski definition) is 3. The molecule has 26 heavy (non-hydrogen) atoms. The number of amides is 1. The van der Waals surface area contributed by atoms with Crippen LogP contribution in [0.2, 0.25) is 0 Å². The third kappa shape index (κ3) is 3.65. The molecule has 1 aliphatic heterocycles. The molecule has 1 aromatic carbocycles. The van der Waals surface area contributed by atoms with Gasteiger partial charge in [-0.2, -0.15) is 0 Å². The van der Waals surface area contributed by atoms with Gasteiger partial charge in [0.25, 0.3) is 0 Å². The molecule has 1 aromatic heterocycles. The quantitative estimate of drug-likeness (QED) is 0.799. The largest absolute Gasteiger partial charge is 0.384 e. The van der Waals surface area contributed by atoms with Gasteiger partial charge in [-0.1, -0.05) is 12.1 Å². The van der Waals surface area contributed by atoms with E-state index in [2.05, 4.69) is 9.55 Å². The molecular weight excluding hydrogens is 333 g/mol. The Kier molecular flexibility index (Phi) is 4.76. The van der Waals surface area contributed by atoms with Crippen LogP contribution in [0.5, 0.6) is 0 Å². The number of hydrogen-bond donors (Lipinski definition) is 0. The van der Waals surface area contributed by atoms with Crippen molar-refractivity contribution in [3.8, 4) is 0 Å². The van der Waals surface area contributed by atoms with Crippen LogP contribution in [0.15, 0.2) is 30.6 Å². The van der Waals surface area contributed by atoms with E-state index in [-0.39, 0.29) is 24.1 Å². The Morgan fingerprint density at radius 1 is 1.31 bits per heavy atom. The number of carbonyl (C=O) groups is 1. The van der Waals surface area contributed by atoms with Gasteiger partial charge in [0.15, 0.2) is 0 Å². The molecule has 5 nitrogen and oxygen atoms in total. The predicted molar refractivity (Wildman–Crippen MR) is 95.1 cm³/mol. The Morgan fingerprint density at radius 3 is 2.77 bits per heavy atom. The maximum atomic E-state index is 13.1. The fourth-order valence-corrected chi connectivity index (χ4v) is 3.76. The van der Waals surface area contributed by atoms with E-state index in [0.29, 0.717) is 19.7 Å². The molecule has 2 aliphatic rings. The number of rotatable bonds is 6. The van der Waals surface area contributed by atoms with Crippen molar-refractivity contribution in [3.63, 3.8) is 0 Å². The predicted octanol–water partition coefficient (Wildman–Crippen LogP) is 2.75. The van der Waals surface area contributed by atoms with Crippen LogP contribution in [0.1, 0.15) is 35.7 Å². The number of imidazole rings is 1. The number of ether oxygens (including phenoxy) is 1. The van der Waals surface area contributed by atoms with Crippen molar-refractivity contribution in [1.29, 1.82) is 0 Å². The van der Waals surface area contributed by atoms with Gasteiger partial charge in [-0.15, -0.1) is 0 Å². The summed E-state index contributed by atoms with van der Waals surface area (Å²) in [7, 11) is 1.69. The fraction of sp³-hybridized carbons (Fsp3) is 0.500. The topological polar surface area (TPSA) is 47.4 Å². The zero-order valence-electron chi connectivity index (χ0n) is 15.0. The normalized spacial score (nSPS) is 19.5. The molecule has 1 atom stereocenters. The lowest BCUT2D eigenvalue weighted by Crippen LogP contribution is -2.41. The van der Waals surface area contributed by atoms with Gasteiger partial charge in [0.2, 0.25) is 5.91 Å². The Hall–Kier alpha value is -2.21. The van der Waals surface area contributed by atoms with Crippen LogP contribution in [-0.2, 0) is 29.0 Å². The molecule has 4 rings (SSSR count). The summed E-state index contributed by atoms with van der Waals surface area (Å²) in [4.78, 5) is 19.2. The van der Waals surface area contributed by atoms with Gasteiger partial charge in [0, 0.05) is 31.8 Å². The second-order valence-electron chi connectivity index (χ2n) is 7.40. The molecule has 1 amide bonds. The van der Waals surface area contributed by atoms with Crippen molar-refractivity contribution >= 4 is 5.91 Å². The van der Waals surface area contributed by atoms with Crippen molar-refractivity contribution < 1.29 is 13.9 Å². The number of nitrogens with zero attached hydrogens (tertiary/aromatic N) is 3. The third-order valence-corrected chi connectivity index (χ3v) is 5.27. The second-order valence-corrected chi connectivity index (χ2v) is 7.40. The van der Waals surface area contributed by atoms with E-state index in [9.17, 15) is 9.18 Å². The molecular formula is C20H24FN3O2. The van der Waals surface area contributed by atoms with E-state index in [0.717, 1.165) is 23.7 Å². The van der Waals surface area contributed by atoms with Gasteiger partial charge >= 0.3 is 0 Å². The van der Waals surface area contributed by atoms with Crippen molar-refractivity contribution in [2.45, 2.75) is 38.3 Å². The summed E-state index contributed by atoms with van der Waals surface area (Å²) in [5, 5.41) is 0. The first-order valence-electron chi connectivity index (χ1n) is 9.19. The van der Waals surface area contributed by atoms with Crippen molar-refractivity contribution in [2.75, 3.05) is 20.3 Å². The molecule has 0 saturated heterocycles. The van der Waals surface area contributed by atoms with Crippen molar-refractivity contribution in [3.05, 3.63) is 53.4 Å². The van der Waals surface area contributed by atoms with Gasteiger partial charge in [-0.05, 0) is 36.5 Å². The van der Waals surface area contributed by atoms with Crippen LogP contribution in [0, 0.1) is 11.7 Å². The van der Waals surface area contributed by atoms with Crippen LogP contribution in [0.4, 0.5) is 4.39 Å². The summed E-state index contributed by atoms with van der Waals surface area (Å²) in [6, 6.07) is 6.12. The number of benzene rings is 1. The highest BCUT2D eigenvalue weighted by molar-refractivity contribution is 5.79. The van der Waals surface area contributed by atoms with E-state index in [1.807, 2.05) is 11.2 Å². The summed E-state index contributed by atoms with van der Waals surface area (Å²) in [5.41, 5.74) is 3.03. The molecule has 1 fully saturated rings. The van der Waals surface area contributed by atoms with Gasteiger partial charge in [-0.25, -0.2) is 9.37 Å². The summed E-state index contributed by atoms with van der Waals surface area (Å²) in [6.07, 6.45) is 4.78. The maximum absolute atomic E-state index is 13.1. The van der Waals surface area contributed by atoms with Crippen molar-refractivity contribution in [1.82, 2.24) is 14.5 Å². The highest BCUT2D eigenvalue weighted by Gasteiger charge is 2.33. The van der Waals surface area contributed by atoms with E-state index in [4.69, 9.17) is 4.74 Å². The minimum atomic E-state index is -0.287. The molecule has 0 radical (unpaired) electrons. The van der Waals surface area contributed by atoms with Crippen LogP contribution in [0.3, 0.4) is 0 Å². The first kappa shape index (κ1) is 17.2.